The van der Waals surface area contributed by atoms with E-state index < -0.39 is 17.0 Å². The van der Waals surface area contributed by atoms with Crippen molar-refractivity contribution in [3.8, 4) is 0 Å². The van der Waals surface area contributed by atoms with Crippen molar-refractivity contribution in [2.24, 2.45) is 0 Å². The summed E-state index contributed by atoms with van der Waals surface area (Å²) < 4.78 is 26.6. The average molecular weight is 241 g/mol. The van der Waals surface area contributed by atoms with E-state index >= 15 is 0 Å². The summed E-state index contributed by atoms with van der Waals surface area (Å²) in [6.45, 7) is 2.30. The molecule has 1 atom stereocenters. The molecular weight excluding hydrogens is 228 g/mol. The van der Waals surface area contributed by atoms with Gasteiger partial charge < -0.3 is 9.29 Å². The van der Waals surface area contributed by atoms with Gasteiger partial charge in [0.15, 0.2) is 0 Å². The Balaban J connectivity index is 2.78. The summed E-state index contributed by atoms with van der Waals surface area (Å²) in [4.78, 5) is 11.5. The predicted octanol–water partition coefficient (Wildman–Crippen LogP) is 1.88. The van der Waals surface area contributed by atoms with Gasteiger partial charge in [-0.15, -0.1) is 0 Å². The van der Waals surface area contributed by atoms with Crippen LogP contribution in [0.15, 0.2) is 29.2 Å². The Morgan fingerprint density at radius 3 is 2.75 bits per heavy atom. The van der Waals surface area contributed by atoms with Gasteiger partial charge in [-0.05, 0) is 29.6 Å². The first kappa shape index (κ1) is 12.9. The largest absolute Gasteiger partial charge is 0.768 e. The number of carbonyl (C=O) groups excluding carboxylic acids is 1. The molecule has 1 aromatic carbocycles. The highest BCUT2D eigenvalue weighted by atomic mass is 32.2. The van der Waals surface area contributed by atoms with E-state index in [1.54, 1.807) is 12.1 Å². The van der Waals surface area contributed by atoms with Crippen LogP contribution < -0.4 is 0 Å². The van der Waals surface area contributed by atoms with Crippen LogP contribution >= 0.6 is 0 Å². The third-order valence-electron chi connectivity index (χ3n) is 2.02. The number of ether oxygens (including phenoxy) is 1. The Bertz CT molecular complexity index is 389. The molecule has 0 saturated heterocycles. The molecule has 4 nitrogen and oxygen atoms in total. The highest BCUT2D eigenvalue weighted by Gasteiger charge is 2.12. The van der Waals surface area contributed by atoms with Gasteiger partial charge in [-0.3, -0.25) is 4.21 Å². The van der Waals surface area contributed by atoms with Gasteiger partial charge in [-0.1, -0.05) is 25.5 Å². The second kappa shape index (κ2) is 6.40. The maximum absolute atomic E-state index is 11.5. The molecule has 16 heavy (non-hydrogen) atoms. The molecule has 1 unspecified atom stereocenters. The van der Waals surface area contributed by atoms with E-state index in [1.807, 2.05) is 6.92 Å². The second-order valence-electron chi connectivity index (χ2n) is 3.22. The van der Waals surface area contributed by atoms with Crippen LogP contribution in [0.4, 0.5) is 0 Å². The smallest absolute Gasteiger partial charge is 0.339 e. The van der Waals surface area contributed by atoms with E-state index in [9.17, 15) is 13.6 Å². The predicted molar refractivity (Wildman–Crippen MR) is 58.8 cm³/mol. The minimum Gasteiger partial charge on any atom is -0.768 e. The van der Waals surface area contributed by atoms with Crippen LogP contribution in [-0.4, -0.2) is 21.3 Å². The van der Waals surface area contributed by atoms with Crippen molar-refractivity contribution in [2.75, 3.05) is 6.61 Å². The van der Waals surface area contributed by atoms with Crippen molar-refractivity contribution < 1.29 is 18.3 Å². The minimum absolute atomic E-state index is 0.0241. The molecule has 0 saturated carbocycles. The second-order valence-corrected chi connectivity index (χ2v) is 4.13. The van der Waals surface area contributed by atoms with Gasteiger partial charge in [-0.25, -0.2) is 4.79 Å². The normalized spacial score (nSPS) is 12.1. The first-order chi connectivity index (χ1) is 7.66. The zero-order valence-electron chi connectivity index (χ0n) is 8.97. The zero-order valence-corrected chi connectivity index (χ0v) is 9.79. The monoisotopic (exact) mass is 241 g/mol. The fraction of sp³-hybridized carbons (Fsp3) is 0.364. The van der Waals surface area contributed by atoms with Crippen molar-refractivity contribution in [1.82, 2.24) is 0 Å². The topological polar surface area (TPSA) is 66.4 Å². The van der Waals surface area contributed by atoms with Gasteiger partial charge in [0.25, 0.3) is 0 Å². The van der Waals surface area contributed by atoms with Crippen LogP contribution in [0.2, 0.25) is 0 Å². The van der Waals surface area contributed by atoms with E-state index in [1.165, 1.54) is 12.1 Å². The summed E-state index contributed by atoms with van der Waals surface area (Å²) in [5, 5.41) is 0. The van der Waals surface area contributed by atoms with Crippen molar-refractivity contribution >= 4 is 17.0 Å². The molecule has 1 aromatic rings. The Hall–Kier alpha value is -1.20. The molecule has 0 N–H and O–H groups in total. The van der Waals surface area contributed by atoms with Crippen LogP contribution in [0.5, 0.6) is 0 Å². The quantitative estimate of drug-likeness (QED) is 0.448. The zero-order chi connectivity index (χ0) is 12.0. The average Bonchev–Trinajstić information content (AvgIpc) is 2.29. The number of carbonyl (C=O) groups is 1. The molecule has 88 valence electrons. The lowest BCUT2D eigenvalue weighted by Gasteiger charge is -2.10. The molecule has 1 rings (SSSR count). The van der Waals surface area contributed by atoms with Crippen molar-refractivity contribution in [1.29, 1.82) is 0 Å². The number of hydrogen-bond donors (Lipinski definition) is 0. The van der Waals surface area contributed by atoms with E-state index in [-0.39, 0.29) is 10.5 Å². The Labute approximate surface area is 96.9 Å². The molecule has 0 heterocycles. The molecule has 0 aliphatic carbocycles. The van der Waals surface area contributed by atoms with Crippen LogP contribution in [0.25, 0.3) is 0 Å². The van der Waals surface area contributed by atoms with Gasteiger partial charge >= 0.3 is 5.97 Å². The summed E-state index contributed by atoms with van der Waals surface area (Å²) in [6, 6.07) is 5.99. The van der Waals surface area contributed by atoms with Crippen LogP contribution in [0, 0.1) is 0 Å². The fourth-order valence-electron chi connectivity index (χ4n) is 1.17. The highest BCUT2D eigenvalue weighted by Crippen LogP contribution is 2.13. The third kappa shape index (κ3) is 3.43. The number of rotatable bonds is 5. The lowest BCUT2D eigenvalue weighted by molar-refractivity contribution is 0.0495. The summed E-state index contributed by atoms with van der Waals surface area (Å²) >= 11 is -2.42. The molecular formula is C11H13O4S-. The lowest BCUT2D eigenvalue weighted by atomic mass is 10.2. The van der Waals surface area contributed by atoms with Crippen molar-refractivity contribution in [2.45, 2.75) is 24.7 Å². The summed E-state index contributed by atoms with van der Waals surface area (Å²) in [5.41, 5.74) is 0.0898. The number of unbranched alkanes of at least 4 members (excludes halogenated alkanes) is 1. The van der Waals surface area contributed by atoms with Crippen LogP contribution in [-0.2, 0) is 15.8 Å². The van der Waals surface area contributed by atoms with Gasteiger partial charge in [0.05, 0.1) is 12.2 Å². The summed E-state index contributed by atoms with van der Waals surface area (Å²) in [5.74, 6) is -0.590. The Morgan fingerprint density at radius 2 is 2.12 bits per heavy atom. The number of benzene rings is 1. The summed E-state index contributed by atoms with van der Waals surface area (Å²) in [7, 11) is 0. The molecule has 0 bridgehead atoms. The Kier molecular flexibility index (Phi) is 5.14. The SMILES string of the molecule is CCCCOC(=O)c1ccccc1S(=O)[O-]. The summed E-state index contributed by atoms with van der Waals surface area (Å²) in [6.07, 6.45) is 1.69. The fourth-order valence-corrected chi connectivity index (χ4v) is 1.69. The van der Waals surface area contributed by atoms with Crippen molar-refractivity contribution in [3.63, 3.8) is 0 Å². The first-order valence-electron chi connectivity index (χ1n) is 5.02. The van der Waals surface area contributed by atoms with E-state index in [0.29, 0.717) is 6.61 Å². The molecule has 0 spiro atoms. The molecule has 5 heteroatoms. The Morgan fingerprint density at radius 1 is 1.44 bits per heavy atom. The van der Waals surface area contributed by atoms with Crippen molar-refractivity contribution in [3.05, 3.63) is 29.8 Å². The molecule has 0 fully saturated rings. The van der Waals surface area contributed by atoms with Gasteiger partial charge in [-0.2, -0.15) is 0 Å². The standard InChI is InChI=1S/C11H14O4S/c1-2-3-8-15-11(12)9-6-4-5-7-10(9)16(13)14/h4-7H,2-3,8H2,1H3,(H,13,14)/p-1. The maximum Gasteiger partial charge on any atom is 0.339 e. The van der Waals surface area contributed by atoms with Crippen LogP contribution in [0.3, 0.4) is 0 Å². The van der Waals surface area contributed by atoms with E-state index in [4.69, 9.17) is 4.74 Å². The molecule has 0 radical (unpaired) electrons. The van der Waals surface area contributed by atoms with E-state index in [2.05, 4.69) is 0 Å². The molecule has 0 amide bonds. The minimum atomic E-state index is -2.42. The maximum atomic E-state index is 11.5. The number of hydrogen-bond acceptors (Lipinski definition) is 4. The number of esters is 1. The molecule has 0 aromatic heterocycles. The third-order valence-corrected chi connectivity index (χ3v) is 2.73. The first-order valence-corrected chi connectivity index (χ1v) is 6.09. The van der Waals surface area contributed by atoms with Gasteiger partial charge in [0, 0.05) is 4.90 Å². The lowest BCUT2D eigenvalue weighted by Crippen LogP contribution is -2.09. The van der Waals surface area contributed by atoms with E-state index in [0.717, 1.165) is 12.8 Å². The molecule has 0 aliphatic rings. The highest BCUT2D eigenvalue weighted by molar-refractivity contribution is 7.79. The van der Waals surface area contributed by atoms with Crippen LogP contribution in [0.1, 0.15) is 30.1 Å². The van der Waals surface area contributed by atoms with Gasteiger partial charge in [0.2, 0.25) is 0 Å². The molecule has 0 aliphatic heterocycles. The van der Waals surface area contributed by atoms with Gasteiger partial charge in [0.1, 0.15) is 0 Å².